The third kappa shape index (κ3) is 2.63. The van der Waals surface area contributed by atoms with Crippen LogP contribution in [-0.2, 0) is 9.59 Å². The molecule has 0 aliphatic heterocycles. The van der Waals surface area contributed by atoms with Gasteiger partial charge in [0.05, 0.1) is 12.1 Å². The second kappa shape index (κ2) is 4.85. The molecule has 1 aliphatic carbocycles. The zero-order valence-electron chi connectivity index (χ0n) is 8.25. The first kappa shape index (κ1) is 10.8. The highest BCUT2D eigenvalue weighted by Gasteiger charge is 2.34. The average Bonchev–Trinajstić information content (AvgIpc) is 2.20. The number of hydrogen-bond acceptors (Lipinski definition) is 4. The molecule has 4 heteroatoms. The highest BCUT2D eigenvalue weighted by Crippen LogP contribution is 2.35. The van der Waals surface area contributed by atoms with E-state index in [0.29, 0.717) is 0 Å². The van der Waals surface area contributed by atoms with Crippen LogP contribution in [0, 0.1) is 5.92 Å². The number of rotatable bonds is 3. The van der Waals surface area contributed by atoms with E-state index >= 15 is 0 Å². The van der Waals surface area contributed by atoms with Crippen LogP contribution in [0.3, 0.4) is 0 Å². The molecule has 1 radical (unpaired) electrons. The number of isocyanates is 2. The molecule has 75 valence electrons. The Bertz CT molecular complexity index is 280. The molecule has 0 saturated heterocycles. The molecule has 14 heavy (non-hydrogen) atoms. The molecule has 0 spiro atoms. The van der Waals surface area contributed by atoms with E-state index in [1.165, 1.54) is 12.0 Å². The minimum absolute atomic E-state index is 0.263. The van der Waals surface area contributed by atoms with Crippen LogP contribution >= 0.6 is 0 Å². The summed E-state index contributed by atoms with van der Waals surface area (Å²) in [4.78, 5) is 27.6. The molecule has 0 amide bonds. The van der Waals surface area contributed by atoms with E-state index in [0.717, 1.165) is 25.7 Å². The molecule has 1 aliphatic rings. The molecule has 4 nitrogen and oxygen atoms in total. The Morgan fingerprint density at radius 2 is 1.93 bits per heavy atom. The lowest BCUT2D eigenvalue weighted by atomic mass is 9.77. The largest absolute Gasteiger partial charge is 0.235 e. The van der Waals surface area contributed by atoms with Crippen molar-refractivity contribution in [2.45, 2.75) is 38.1 Å². The average molecular weight is 193 g/mol. The second-order valence-electron chi connectivity index (χ2n) is 3.79. The van der Waals surface area contributed by atoms with Gasteiger partial charge < -0.3 is 0 Å². The maximum Gasteiger partial charge on any atom is 0.235 e. The fraction of sp³-hybridized carbons (Fsp3) is 0.700. The first-order chi connectivity index (χ1) is 6.72. The van der Waals surface area contributed by atoms with E-state index in [9.17, 15) is 9.59 Å². The number of nitrogens with zero attached hydrogens (tertiary/aromatic N) is 2. The van der Waals surface area contributed by atoms with Crippen molar-refractivity contribution in [1.29, 1.82) is 0 Å². The van der Waals surface area contributed by atoms with E-state index in [1.807, 2.05) is 0 Å². The molecule has 1 saturated carbocycles. The standard InChI is InChI=1S/C10H13N2O2/c1-9-2-4-10(5-3-9,12-8-14)6-11-7-13/h2-6H2,1H3. The van der Waals surface area contributed by atoms with Crippen LogP contribution in [0.25, 0.3) is 0 Å². The summed E-state index contributed by atoms with van der Waals surface area (Å²) in [6.45, 7) is 2.36. The summed E-state index contributed by atoms with van der Waals surface area (Å²) >= 11 is 0. The molecule has 1 fully saturated rings. The summed E-state index contributed by atoms with van der Waals surface area (Å²) in [5.74, 6) is 1.41. The van der Waals surface area contributed by atoms with Crippen molar-refractivity contribution in [1.82, 2.24) is 0 Å². The van der Waals surface area contributed by atoms with Crippen molar-refractivity contribution in [3.8, 4) is 0 Å². The highest BCUT2D eigenvalue weighted by atomic mass is 16.1. The molecule has 0 aromatic carbocycles. The number of hydrogen-bond donors (Lipinski definition) is 0. The molecule has 0 aromatic rings. The Hall–Kier alpha value is -1.24. The summed E-state index contributed by atoms with van der Waals surface area (Å²) in [6.07, 6.45) is 6.51. The maximum absolute atomic E-state index is 10.3. The lowest BCUT2D eigenvalue weighted by Crippen LogP contribution is -2.34. The smallest absolute Gasteiger partial charge is 0.211 e. The van der Waals surface area contributed by atoms with E-state index < -0.39 is 5.54 Å². The number of aliphatic imine (C=N–C) groups is 2. The van der Waals surface area contributed by atoms with Gasteiger partial charge in [0.25, 0.3) is 0 Å². The highest BCUT2D eigenvalue weighted by molar-refractivity contribution is 5.37. The molecule has 0 bridgehead atoms. The van der Waals surface area contributed by atoms with Crippen LogP contribution < -0.4 is 0 Å². The van der Waals surface area contributed by atoms with Crippen LogP contribution in [0.5, 0.6) is 0 Å². The summed E-state index contributed by atoms with van der Waals surface area (Å²) in [7, 11) is 0. The lowest BCUT2D eigenvalue weighted by Gasteiger charge is -2.32. The molecule has 0 unspecified atom stereocenters. The minimum Gasteiger partial charge on any atom is -0.211 e. The summed E-state index contributed by atoms with van der Waals surface area (Å²) in [6, 6.07) is 0. The third-order valence-electron chi connectivity index (χ3n) is 2.76. The van der Waals surface area contributed by atoms with Crippen molar-refractivity contribution < 1.29 is 9.59 Å². The lowest BCUT2D eigenvalue weighted by molar-refractivity contribution is 0.323. The van der Waals surface area contributed by atoms with Crippen LogP contribution in [0.4, 0.5) is 0 Å². The topological polar surface area (TPSA) is 58.9 Å². The zero-order valence-corrected chi connectivity index (χ0v) is 8.25. The van der Waals surface area contributed by atoms with Crippen LogP contribution in [-0.4, -0.2) is 24.2 Å². The molecule has 0 atom stereocenters. The van der Waals surface area contributed by atoms with Gasteiger partial charge in [-0.3, -0.25) is 0 Å². The number of carbonyl (C=O) groups excluding carboxylic acids is 2. The van der Waals surface area contributed by atoms with Gasteiger partial charge in [0, 0.05) is 0 Å². The van der Waals surface area contributed by atoms with Crippen molar-refractivity contribution in [2.24, 2.45) is 9.98 Å². The van der Waals surface area contributed by atoms with E-state index in [2.05, 4.69) is 16.9 Å². The predicted octanol–water partition coefficient (Wildman–Crippen LogP) is 1.57. The molecular weight excluding hydrogens is 180 g/mol. The van der Waals surface area contributed by atoms with Gasteiger partial charge in [0.1, 0.15) is 0 Å². The summed E-state index contributed by atoms with van der Waals surface area (Å²) in [5.41, 5.74) is -0.487. The van der Waals surface area contributed by atoms with E-state index in [4.69, 9.17) is 0 Å². The fourth-order valence-electron chi connectivity index (χ4n) is 1.72. The summed E-state index contributed by atoms with van der Waals surface area (Å²) < 4.78 is 0. The zero-order chi connectivity index (χ0) is 10.4. The Morgan fingerprint density at radius 1 is 1.29 bits per heavy atom. The quantitative estimate of drug-likeness (QED) is 0.504. The predicted molar refractivity (Wildman–Crippen MR) is 51.2 cm³/mol. The van der Waals surface area contributed by atoms with Gasteiger partial charge in [0.15, 0.2) is 0 Å². The molecular formula is C10H13N2O2. The monoisotopic (exact) mass is 193 g/mol. The third-order valence-corrected chi connectivity index (χ3v) is 2.76. The first-order valence-electron chi connectivity index (χ1n) is 4.66. The van der Waals surface area contributed by atoms with Crippen molar-refractivity contribution in [3.63, 3.8) is 0 Å². The van der Waals surface area contributed by atoms with Crippen molar-refractivity contribution in [3.05, 3.63) is 5.92 Å². The van der Waals surface area contributed by atoms with Gasteiger partial charge in [-0.25, -0.2) is 14.6 Å². The maximum atomic E-state index is 10.3. The molecule has 1 rings (SSSR count). The Morgan fingerprint density at radius 3 is 2.43 bits per heavy atom. The van der Waals surface area contributed by atoms with E-state index in [-0.39, 0.29) is 6.54 Å². The van der Waals surface area contributed by atoms with Gasteiger partial charge in [-0.1, -0.05) is 6.92 Å². The summed E-state index contributed by atoms with van der Waals surface area (Å²) in [5, 5.41) is 0. The Balaban J connectivity index is 2.71. The SMILES string of the molecule is C[C]1CCC(CN=C=O)(N=C=O)CC1. The van der Waals surface area contributed by atoms with Gasteiger partial charge in [-0.2, -0.15) is 4.99 Å². The van der Waals surface area contributed by atoms with Crippen LogP contribution in [0.1, 0.15) is 32.6 Å². The Labute approximate surface area is 83.1 Å². The van der Waals surface area contributed by atoms with Crippen molar-refractivity contribution in [2.75, 3.05) is 6.54 Å². The van der Waals surface area contributed by atoms with Crippen LogP contribution in [0.2, 0.25) is 0 Å². The fourth-order valence-corrected chi connectivity index (χ4v) is 1.72. The molecule has 0 N–H and O–H groups in total. The van der Waals surface area contributed by atoms with Gasteiger partial charge in [0.2, 0.25) is 12.2 Å². The normalized spacial score (nSPS) is 20.6. The molecule has 0 heterocycles. The van der Waals surface area contributed by atoms with Gasteiger partial charge >= 0.3 is 0 Å². The Kier molecular flexibility index (Phi) is 3.75. The second-order valence-corrected chi connectivity index (χ2v) is 3.79. The van der Waals surface area contributed by atoms with Gasteiger partial charge in [-0.05, 0) is 31.6 Å². The first-order valence-corrected chi connectivity index (χ1v) is 4.66. The van der Waals surface area contributed by atoms with Crippen LogP contribution in [0.15, 0.2) is 9.98 Å². The van der Waals surface area contributed by atoms with Gasteiger partial charge in [-0.15, -0.1) is 0 Å². The van der Waals surface area contributed by atoms with Crippen molar-refractivity contribution >= 4 is 12.2 Å². The minimum atomic E-state index is -0.487. The molecule has 0 aromatic heterocycles. The van der Waals surface area contributed by atoms with E-state index in [1.54, 1.807) is 6.08 Å².